The van der Waals surface area contributed by atoms with Crippen LogP contribution in [0.25, 0.3) is 6.08 Å². The van der Waals surface area contributed by atoms with Gasteiger partial charge in [-0.15, -0.1) is 0 Å². The van der Waals surface area contributed by atoms with Crippen LogP contribution in [0.15, 0.2) is 41.3 Å². The maximum absolute atomic E-state index is 12.9. The molecule has 184 valence electrons. The Kier molecular flexibility index (Phi) is 8.56. The molecule has 2 heterocycles. The molecule has 35 heavy (non-hydrogen) atoms. The maximum Gasteiger partial charge on any atom is 0.266 e. The summed E-state index contributed by atoms with van der Waals surface area (Å²) in [5.74, 6) is 0.314. The van der Waals surface area contributed by atoms with Crippen molar-refractivity contribution in [3.63, 3.8) is 0 Å². The first-order valence-corrected chi connectivity index (χ1v) is 12.7. The van der Waals surface area contributed by atoms with Gasteiger partial charge < -0.3 is 19.5 Å². The average molecular weight is 553 g/mol. The lowest BCUT2D eigenvalue weighted by Crippen LogP contribution is -2.35. The fourth-order valence-electron chi connectivity index (χ4n) is 3.61. The van der Waals surface area contributed by atoms with Crippen LogP contribution in [0.1, 0.15) is 18.4 Å². The van der Waals surface area contributed by atoms with Crippen molar-refractivity contribution in [1.29, 1.82) is 0 Å². The Morgan fingerprint density at radius 3 is 2.80 bits per heavy atom. The van der Waals surface area contributed by atoms with Crippen LogP contribution in [0.3, 0.4) is 0 Å². The van der Waals surface area contributed by atoms with E-state index >= 15 is 0 Å². The zero-order valence-corrected chi connectivity index (χ0v) is 21.9. The lowest BCUT2D eigenvalue weighted by Gasteiger charge is -2.18. The van der Waals surface area contributed by atoms with Crippen molar-refractivity contribution in [1.82, 2.24) is 4.90 Å². The van der Waals surface area contributed by atoms with Gasteiger partial charge in [-0.2, -0.15) is 0 Å². The Labute approximate surface area is 222 Å². The second-order valence-corrected chi connectivity index (χ2v) is 10.3. The van der Waals surface area contributed by atoms with Crippen LogP contribution >= 0.6 is 47.2 Å². The zero-order valence-electron chi connectivity index (χ0n) is 18.7. The largest absolute Gasteiger partial charge is 0.493 e. The number of hydrogen-bond donors (Lipinski definition) is 1. The van der Waals surface area contributed by atoms with E-state index < -0.39 is 0 Å². The number of amides is 2. The highest BCUT2D eigenvalue weighted by Gasteiger charge is 2.34. The van der Waals surface area contributed by atoms with E-state index in [9.17, 15) is 9.59 Å². The van der Waals surface area contributed by atoms with Gasteiger partial charge in [0.2, 0.25) is 0 Å². The van der Waals surface area contributed by atoms with Gasteiger partial charge in [-0.05, 0) is 54.8 Å². The summed E-state index contributed by atoms with van der Waals surface area (Å²) in [5.41, 5.74) is 1.25. The van der Waals surface area contributed by atoms with E-state index in [1.165, 1.54) is 18.9 Å². The molecule has 2 amide bonds. The van der Waals surface area contributed by atoms with Crippen LogP contribution in [0.5, 0.6) is 11.5 Å². The molecule has 1 atom stereocenters. The van der Waals surface area contributed by atoms with Crippen molar-refractivity contribution < 1.29 is 23.8 Å². The molecule has 0 unspecified atom stereocenters. The predicted octanol–water partition coefficient (Wildman–Crippen LogP) is 5.40. The summed E-state index contributed by atoms with van der Waals surface area (Å²) in [6.45, 7) is 0.959. The molecule has 0 aliphatic carbocycles. The van der Waals surface area contributed by atoms with Crippen molar-refractivity contribution in [3.05, 3.63) is 56.9 Å². The number of hydrogen-bond acceptors (Lipinski definition) is 7. The Bertz CT molecular complexity index is 1180. The SMILES string of the molecule is COc1cc(/C=C2\SC(=S)N(C[C@@H]3CCCO3)C2=O)ccc1OCC(=O)Nc1ccc(Cl)c(Cl)c1. The zero-order chi connectivity index (χ0) is 24.9. The number of thioether (sulfide) groups is 1. The third-order valence-corrected chi connectivity index (χ3v) is 7.45. The minimum Gasteiger partial charge on any atom is -0.493 e. The summed E-state index contributed by atoms with van der Waals surface area (Å²) in [6, 6.07) is 9.99. The van der Waals surface area contributed by atoms with Crippen molar-refractivity contribution in [2.75, 3.05) is 32.2 Å². The van der Waals surface area contributed by atoms with E-state index in [2.05, 4.69) is 5.32 Å². The number of anilines is 1. The summed E-state index contributed by atoms with van der Waals surface area (Å²) in [7, 11) is 1.50. The molecule has 2 fully saturated rings. The second-order valence-electron chi connectivity index (χ2n) is 7.80. The topological polar surface area (TPSA) is 77.1 Å². The van der Waals surface area contributed by atoms with Crippen LogP contribution in [0, 0.1) is 0 Å². The Balaban J connectivity index is 1.39. The van der Waals surface area contributed by atoms with E-state index in [0.717, 1.165) is 25.0 Å². The van der Waals surface area contributed by atoms with Crippen LogP contribution in [0.4, 0.5) is 5.69 Å². The number of carbonyl (C=O) groups excluding carboxylic acids is 2. The van der Waals surface area contributed by atoms with Gasteiger partial charge in [0.05, 0.1) is 34.7 Å². The van der Waals surface area contributed by atoms with E-state index in [-0.39, 0.29) is 24.5 Å². The van der Waals surface area contributed by atoms with Crippen molar-refractivity contribution in [2.24, 2.45) is 0 Å². The average Bonchev–Trinajstić information content (AvgIpc) is 3.44. The molecule has 0 bridgehead atoms. The quantitative estimate of drug-likeness (QED) is 0.347. The van der Waals surface area contributed by atoms with Gasteiger partial charge in [0.1, 0.15) is 4.32 Å². The molecule has 2 aliphatic heterocycles. The number of nitrogens with zero attached hydrogens (tertiary/aromatic N) is 1. The van der Waals surface area contributed by atoms with E-state index in [1.54, 1.807) is 47.4 Å². The Morgan fingerprint density at radius 1 is 1.26 bits per heavy atom. The molecule has 0 aromatic heterocycles. The third-order valence-electron chi connectivity index (χ3n) is 5.33. The van der Waals surface area contributed by atoms with E-state index in [0.29, 0.717) is 43.0 Å². The fraction of sp³-hybridized carbons (Fsp3) is 0.292. The molecular formula is C24H22Cl2N2O5S2. The highest BCUT2D eigenvalue weighted by atomic mass is 35.5. The molecule has 11 heteroatoms. The summed E-state index contributed by atoms with van der Waals surface area (Å²) >= 11 is 18.5. The fourth-order valence-corrected chi connectivity index (χ4v) is 5.18. The smallest absolute Gasteiger partial charge is 0.266 e. The van der Waals surface area contributed by atoms with Gasteiger partial charge in [0, 0.05) is 12.3 Å². The molecule has 1 N–H and O–H groups in total. The number of benzene rings is 2. The number of ether oxygens (including phenoxy) is 3. The summed E-state index contributed by atoms with van der Waals surface area (Å²) in [4.78, 5) is 27.3. The first-order valence-electron chi connectivity index (χ1n) is 10.8. The first-order chi connectivity index (χ1) is 16.8. The lowest BCUT2D eigenvalue weighted by molar-refractivity contribution is -0.123. The van der Waals surface area contributed by atoms with Gasteiger partial charge in [-0.1, -0.05) is 53.2 Å². The van der Waals surface area contributed by atoms with Crippen molar-refractivity contribution in [3.8, 4) is 11.5 Å². The monoisotopic (exact) mass is 552 g/mol. The minimum absolute atomic E-state index is 0.0299. The van der Waals surface area contributed by atoms with Crippen molar-refractivity contribution in [2.45, 2.75) is 18.9 Å². The molecule has 0 saturated carbocycles. The predicted molar refractivity (Wildman–Crippen MR) is 142 cm³/mol. The summed E-state index contributed by atoms with van der Waals surface area (Å²) in [6.07, 6.45) is 3.72. The number of nitrogens with one attached hydrogen (secondary N) is 1. The molecule has 2 aliphatic rings. The minimum atomic E-state index is -0.371. The molecule has 0 radical (unpaired) electrons. The summed E-state index contributed by atoms with van der Waals surface area (Å²) in [5, 5.41) is 3.43. The van der Waals surface area contributed by atoms with Crippen LogP contribution in [-0.4, -0.2) is 54.0 Å². The second kappa shape index (κ2) is 11.6. The van der Waals surface area contributed by atoms with Gasteiger partial charge in [-0.25, -0.2) is 0 Å². The number of thiocarbonyl (C=S) groups is 1. The highest BCUT2D eigenvalue weighted by molar-refractivity contribution is 8.26. The summed E-state index contributed by atoms with van der Waals surface area (Å²) < 4.78 is 17.2. The van der Waals surface area contributed by atoms with Crippen LogP contribution in [-0.2, 0) is 14.3 Å². The van der Waals surface area contributed by atoms with Crippen LogP contribution < -0.4 is 14.8 Å². The van der Waals surface area contributed by atoms with Gasteiger partial charge >= 0.3 is 0 Å². The van der Waals surface area contributed by atoms with Crippen LogP contribution in [0.2, 0.25) is 10.0 Å². The van der Waals surface area contributed by atoms with Crippen molar-refractivity contribution >= 4 is 75.1 Å². The number of rotatable bonds is 8. The molecular weight excluding hydrogens is 531 g/mol. The Morgan fingerprint density at radius 2 is 2.09 bits per heavy atom. The van der Waals surface area contributed by atoms with Gasteiger partial charge in [0.15, 0.2) is 18.1 Å². The Hall–Kier alpha value is -2.30. The van der Waals surface area contributed by atoms with Gasteiger partial charge in [-0.3, -0.25) is 14.5 Å². The van der Waals surface area contributed by atoms with Gasteiger partial charge in [0.25, 0.3) is 11.8 Å². The lowest BCUT2D eigenvalue weighted by atomic mass is 10.1. The molecule has 4 rings (SSSR count). The molecule has 2 saturated heterocycles. The molecule has 2 aromatic carbocycles. The number of halogens is 2. The standard InChI is InChI=1S/C24H22Cl2N2O5S2/c1-31-20-9-14(10-21-23(30)28(24(34)35-21)12-16-3-2-8-32-16)4-7-19(20)33-13-22(29)27-15-5-6-17(25)18(26)11-15/h4-7,9-11,16H,2-3,8,12-13H2,1H3,(H,27,29)/b21-10-/t16-/m0/s1. The molecule has 7 nitrogen and oxygen atoms in total. The normalized spacial score (nSPS) is 18.9. The molecule has 0 spiro atoms. The number of methoxy groups -OCH3 is 1. The maximum atomic E-state index is 12.9. The number of carbonyl (C=O) groups is 2. The highest BCUT2D eigenvalue weighted by Crippen LogP contribution is 2.35. The third kappa shape index (κ3) is 6.48. The first kappa shape index (κ1) is 25.8. The van der Waals surface area contributed by atoms with E-state index in [4.69, 9.17) is 49.6 Å². The van der Waals surface area contributed by atoms with E-state index in [1.807, 2.05) is 0 Å². The molecule has 2 aromatic rings.